The van der Waals surface area contributed by atoms with Gasteiger partial charge in [0.2, 0.25) is 11.8 Å². The zero-order valence-corrected chi connectivity index (χ0v) is 16.8. The molecule has 1 saturated heterocycles. The average Bonchev–Trinajstić information content (AvgIpc) is 3.34. The van der Waals surface area contributed by atoms with Gasteiger partial charge in [0.1, 0.15) is 11.9 Å². The van der Waals surface area contributed by atoms with E-state index >= 15 is 0 Å². The molecule has 9 nitrogen and oxygen atoms in total. The quantitative estimate of drug-likeness (QED) is 0.535. The number of piperidine rings is 1. The number of rotatable bonds is 4. The Balaban J connectivity index is 1.31. The molecule has 4 amide bonds. The summed E-state index contributed by atoms with van der Waals surface area (Å²) in [5.41, 5.74) is 2.32. The van der Waals surface area contributed by atoms with Gasteiger partial charge in [-0.2, -0.15) is 0 Å². The Morgan fingerprint density at radius 3 is 2.81 bits per heavy atom. The fraction of sp³-hybridized carbons (Fsp3) is 0.227. The van der Waals surface area contributed by atoms with Crippen LogP contribution in [0.3, 0.4) is 0 Å². The van der Waals surface area contributed by atoms with Gasteiger partial charge in [-0.05, 0) is 36.2 Å². The molecule has 0 spiro atoms. The zero-order valence-electron chi connectivity index (χ0n) is 16.8. The number of amides is 4. The number of imidazole rings is 1. The summed E-state index contributed by atoms with van der Waals surface area (Å²) in [7, 11) is 0. The molecule has 2 aliphatic rings. The number of nitrogens with one attached hydrogen (secondary N) is 3. The molecule has 3 aromatic rings. The molecule has 0 saturated carbocycles. The summed E-state index contributed by atoms with van der Waals surface area (Å²) in [5, 5.41) is 4.87. The van der Waals surface area contributed by atoms with Gasteiger partial charge >= 0.3 is 0 Å². The van der Waals surface area contributed by atoms with Crippen LogP contribution in [0.2, 0.25) is 0 Å². The molecule has 162 valence electrons. The molecular formula is C22H18FN5O4. The van der Waals surface area contributed by atoms with Gasteiger partial charge in [-0.3, -0.25) is 24.5 Å². The van der Waals surface area contributed by atoms with E-state index in [4.69, 9.17) is 0 Å². The Morgan fingerprint density at radius 2 is 2.03 bits per heavy atom. The minimum absolute atomic E-state index is 0.0956. The van der Waals surface area contributed by atoms with Crippen LogP contribution in [0.25, 0.3) is 11.0 Å². The van der Waals surface area contributed by atoms with E-state index in [1.165, 1.54) is 11.0 Å². The lowest BCUT2D eigenvalue weighted by atomic mass is 10.0. The van der Waals surface area contributed by atoms with Crippen LogP contribution in [0, 0.1) is 5.82 Å². The van der Waals surface area contributed by atoms with Crippen LogP contribution in [-0.2, 0) is 22.7 Å². The first-order valence-electron chi connectivity index (χ1n) is 10.1. The number of hydrogen-bond acceptors (Lipinski definition) is 5. The second-order valence-electron chi connectivity index (χ2n) is 7.79. The van der Waals surface area contributed by atoms with E-state index in [2.05, 4.69) is 20.6 Å². The van der Waals surface area contributed by atoms with Crippen molar-refractivity contribution in [2.45, 2.75) is 32.0 Å². The molecule has 2 aromatic carbocycles. The van der Waals surface area contributed by atoms with Crippen LogP contribution < -0.4 is 10.6 Å². The molecule has 10 heteroatoms. The Morgan fingerprint density at radius 1 is 1.22 bits per heavy atom. The summed E-state index contributed by atoms with van der Waals surface area (Å²) in [6.45, 7) is 0.0346. The van der Waals surface area contributed by atoms with E-state index in [9.17, 15) is 23.6 Å². The summed E-state index contributed by atoms with van der Waals surface area (Å²) >= 11 is 0. The fourth-order valence-electron chi connectivity index (χ4n) is 4.10. The summed E-state index contributed by atoms with van der Waals surface area (Å²) in [6.07, 6.45) is 0.372. The summed E-state index contributed by atoms with van der Waals surface area (Å²) in [4.78, 5) is 57.2. The average molecular weight is 435 g/mol. The first kappa shape index (κ1) is 19.9. The Bertz CT molecular complexity index is 1270. The number of hydrogen-bond donors (Lipinski definition) is 3. The maximum absolute atomic E-state index is 14.7. The van der Waals surface area contributed by atoms with E-state index in [1.807, 2.05) is 12.1 Å². The molecular weight excluding hydrogens is 417 g/mol. The van der Waals surface area contributed by atoms with Crippen molar-refractivity contribution in [3.63, 3.8) is 0 Å². The van der Waals surface area contributed by atoms with Gasteiger partial charge in [0.05, 0.1) is 11.0 Å². The Labute approximate surface area is 181 Å². The maximum atomic E-state index is 14.7. The van der Waals surface area contributed by atoms with Crippen LogP contribution >= 0.6 is 0 Å². The van der Waals surface area contributed by atoms with Crippen LogP contribution in [-0.4, -0.2) is 44.5 Å². The minimum Gasteiger partial charge on any atom is -0.345 e. The number of imide groups is 1. The predicted molar refractivity (Wildman–Crippen MR) is 110 cm³/mol. The number of para-hydroxylation sites is 2. The van der Waals surface area contributed by atoms with E-state index < -0.39 is 29.6 Å². The highest BCUT2D eigenvalue weighted by atomic mass is 19.1. The Kier molecular flexibility index (Phi) is 4.69. The molecule has 3 N–H and O–H groups in total. The molecule has 32 heavy (non-hydrogen) atoms. The molecule has 1 unspecified atom stereocenters. The summed E-state index contributed by atoms with van der Waals surface area (Å²) in [5.74, 6) is -2.35. The van der Waals surface area contributed by atoms with Crippen molar-refractivity contribution in [1.29, 1.82) is 0 Å². The number of carbonyl (C=O) groups is 4. The van der Waals surface area contributed by atoms with Crippen molar-refractivity contribution in [3.8, 4) is 0 Å². The van der Waals surface area contributed by atoms with Gasteiger partial charge in [-0.15, -0.1) is 0 Å². The van der Waals surface area contributed by atoms with E-state index in [0.29, 0.717) is 16.6 Å². The highest BCUT2D eigenvalue weighted by Crippen LogP contribution is 2.29. The van der Waals surface area contributed by atoms with Gasteiger partial charge in [0.15, 0.2) is 5.82 Å². The lowest BCUT2D eigenvalue weighted by Crippen LogP contribution is -2.52. The van der Waals surface area contributed by atoms with Crippen LogP contribution in [0.15, 0.2) is 36.4 Å². The Hall–Kier alpha value is -4.08. The third-order valence-corrected chi connectivity index (χ3v) is 5.73. The van der Waals surface area contributed by atoms with Crippen molar-refractivity contribution in [3.05, 3.63) is 64.7 Å². The second kappa shape index (κ2) is 7.56. The number of H-pyrrole nitrogens is 1. The molecule has 1 aromatic heterocycles. The SMILES string of the molecule is O=C1CCC(N2Cc3cc(CNC(=O)c4nc5ccccc5[nH]4)c(F)cc3C2=O)C(=O)N1. The maximum Gasteiger partial charge on any atom is 0.287 e. The monoisotopic (exact) mass is 435 g/mol. The number of carbonyl (C=O) groups excluding carboxylic acids is 4. The minimum atomic E-state index is -0.771. The lowest BCUT2D eigenvalue weighted by Gasteiger charge is -2.29. The first-order valence-corrected chi connectivity index (χ1v) is 10.1. The molecule has 0 radical (unpaired) electrons. The number of aromatic nitrogens is 2. The lowest BCUT2D eigenvalue weighted by molar-refractivity contribution is -0.136. The van der Waals surface area contributed by atoms with Crippen molar-refractivity contribution < 1.29 is 23.6 Å². The van der Waals surface area contributed by atoms with E-state index in [0.717, 1.165) is 6.07 Å². The molecule has 5 rings (SSSR count). The van der Waals surface area contributed by atoms with Gasteiger partial charge in [-0.25, -0.2) is 9.37 Å². The van der Waals surface area contributed by atoms with Crippen LogP contribution in [0.1, 0.15) is 44.9 Å². The standard InChI is InChI=1S/C22H18FN5O4/c23-14-8-13-12(10-28(22(13)32)17-5-6-18(29)27-20(17)30)7-11(14)9-24-21(31)19-25-15-3-1-2-4-16(15)26-19/h1-4,7-8,17H,5-6,9-10H2,(H,24,31)(H,25,26)(H,27,29,30). The number of fused-ring (bicyclic) bond motifs is 2. The number of benzene rings is 2. The predicted octanol–water partition coefficient (Wildman–Crippen LogP) is 1.39. The highest BCUT2D eigenvalue weighted by molar-refractivity contribution is 6.05. The van der Waals surface area contributed by atoms with Gasteiger partial charge < -0.3 is 15.2 Å². The largest absolute Gasteiger partial charge is 0.345 e. The van der Waals surface area contributed by atoms with Crippen molar-refractivity contribution >= 4 is 34.7 Å². The topological polar surface area (TPSA) is 124 Å². The van der Waals surface area contributed by atoms with Gasteiger partial charge in [0.25, 0.3) is 11.8 Å². The normalized spacial score (nSPS) is 18.1. The number of nitrogens with zero attached hydrogens (tertiary/aromatic N) is 2. The van der Waals surface area contributed by atoms with Crippen LogP contribution in [0.5, 0.6) is 0 Å². The zero-order chi connectivity index (χ0) is 22.4. The molecule has 1 atom stereocenters. The third kappa shape index (κ3) is 3.39. The first-order chi connectivity index (χ1) is 15.4. The van der Waals surface area contributed by atoms with Crippen molar-refractivity contribution in [1.82, 2.24) is 25.5 Å². The third-order valence-electron chi connectivity index (χ3n) is 5.73. The van der Waals surface area contributed by atoms with E-state index in [-0.39, 0.29) is 48.8 Å². The molecule has 1 fully saturated rings. The summed E-state index contributed by atoms with van der Waals surface area (Å²) in [6, 6.07) is 9.08. The van der Waals surface area contributed by atoms with Crippen molar-refractivity contribution in [2.75, 3.05) is 0 Å². The molecule has 0 bridgehead atoms. The van der Waals surface area contributed by atoms with Gasteiger partial charge in [-0.1, -0.05) is 12.1 Å². The smallest absolute Gasteiger partial charge is 0.287 e. The van der Waals surface area contributed by atoms with Crippen LogP contribution in [0.4, 0.5) is 4.39 Å². The van der Waals surface area contributed by atoms with Crippen molar-refractivity contribution in [2.24, 2.45) is 0 Å². The molecule has 0 aliphatic carbocycles. The molecule has 3 heterocycles. The second-order valence-corrected chi connectivity index (χ2v) is 7.79. The summed E-state index contributed by atoms with van der Waals surface area (Å²) < 4.78 is 14.7. The van der Waals surface area contributed by atoms with E-state index in [1.54, 1.807) is 12.1 Å². The fourth-order valence-corrected chi connectivity index (χ4v) is 4.10. The molecule has 2 aliphatic heterocycles. The van der Waals surface area contributed by atoms with Gasteiger partial charge in [0, 0.05) is 30.6 Å². The highest BCUT2D eigenvalue weighted by Gasteiger charge is 2.39. The number of halogens is 1. The number of aromatic amines is 1.